The van der Waals surface area contributed by atoms with E-state index < -0.39 is 17.9 Å². The molecule has 0 spiro atoms. The van der Waals surface area contributed by atoms with Crippen LogP contribution in [0.3, 0.4) is 0 Å². The Kier molecular flexibility index (Phi) is 6.74. The number of carbonyl (C=O) groups excluding carboxylic acids is 1. The second-order valence-electron chi connectivity index (χ2n) is 5.92. The Morgan fingerprint density at radius 3 is 2.58 bits per heavy atom. The van der Waals surface area contributed by atoms with Crippen LogP contribution in [0.15, 0.2) is 49.1 Å². The fourth-order valence-corrected chi connectivity index (χ4v) is 2.53. The summed E-state index contributed by atoms with van der Waals surface area (Å²) in [5, 5.41) is 13.7. The minimum absolute atomic E-state index is 0.114. The van der Waals surface area contributed by atoms with Gasteiger partial charge in [-0.3, -0.25) is 4.79 Å². The van der Waals surface area contributed by atoms with Gasteiger partial charge in [-0.2, -0.15) is 0 Å². The van der Waals surface area contributed by atoms with Crippen molar-refractivity contribution in [3.63, 3.8) is 0 Å². The van der Waals surface area contributed by atoms with Crippen molar-refractivity contribution in [1.82, 2.24) is 5.32 Å². The van der Waals surface area contributed by atoms with Gasteiger partial charge in [0.1, 0.15) is 5.75 Å². The summed E-state index contributed by atoms with van der Waals surface area (Å²) in [7, 11) is 1.61. The summed E-state index contributed by atoms with van der Waals surface area (Å²) in [5.74, 6) is -1.24. The van der Waals surface area contributed by atoms with E-state index in [0.717, 1.165) is 22.1 Å². The van der Waals surface area contributed by atoms with E-state index in [-0.39, 0.29) is 19.1 Å². The molecule has 0 aliphatic heterocycles. The number of carbonyl (C=O) groups is 2. The predicted molar refractivity (Wildman–Crippen MR) is 99.5 cm³/mol. The van der Waals surface area contributed by atoms with E-state index in [2.05, 4.69) is 11.9 Å². The summed E-state index contributed by atoms with van der Waals surface area (Å²) in [6, 6.07) is 10.3. The summed E-state index contributed by atoms with van der Waals surface area (Å²) in [4.78, 5) is 23.7. The van der Waals surface area contributed by atoms with E-state index in [0.29, 0.717) is 0 Å². The molecule has 0 aromatic heterocycles. The quantitative estimate of drug-likeness (QED) is 0.532. The van der Waals surface area contributed by atoms with Gasteiger partial charge < -0.3 is 19.9 Å². The van der Waals surface area contributed by atoms with Gasteiger partial charge in [-0.1, -0.05) is 30.3 Å². The Morgan fingerprint density at radius 2 is 1.92 bits per heavy atom. The van der Waals surface area contributed by atoms with E-state index in [1.165, 1.54) is 6.08 Å². The molecule has 0 heterocycles. The molecule has 0 fully saturated rings. The molecule has 6 nitrogen and oxygen atoms in total. The number of carboxylic acids is 1. The van der Waals surface area contributed by atoms with Crippen LogP contribution in [0.1, 0.15) is 18.4 Å². The van der Waals surface area contributed by atoms with E-state index in [4.69, 9.17) is 9.47 Å². The van der Waals surface area contributed by atoms with Crippen molar-refractivity contribution < 1.29 is 24.2 Å². The second kappa shape index (κ2) is 9.01. The third-order valence-corrected chi connectivity index (χ3v) is 4.10. The number of hydrogen-bond acceptors (Lipinski definition) is 4. The van der Waals surface area contributed by atoms with Crippen molar-refractivity contribution in [2.24, 2.45) is 0 Å². The molecule has 26 heavy (non-hydrogen) atoms. The first-order valence-electron chi connectivity index (χ1n) is 8.25. The zero-order chi connectivity index (χ0) is 19.1. The highest BCUT2D eigenvalue weighted by molar-refractivity contribution is 5.90. The topological polar surface area (TPSA) is 84.9 Å². The summed E-state index contributed by atoms with van der Waals surface area (Å²) in [6.45, 7) is 5.35. The van der Waals surface area contributed by atoms with Crippen molar-refractivity contribution >= 4 is 22.6 Å². The van der Waals surface area contributed by atoms with Crippen LogP contribution in [0.4, 0.5) is 0 Å². The monoisotopic (exact) mass is 357 g/mol. The number of methoxy groups -OCH3 is 1. The number of amides is 1. The third-order valence-electron chi connectivity index (χ3n) is 4.10. The molecule has 2 atom stereocenters. The SMILES string of the molecule is C=CCOCC(NC(=O)C(C)c1ccc2cc(OC)ccc2c1)C(=O)O. The van der Waals surface area contributed by atoms with E-state index in [9.17, 15) is 14.7 Å². The Labute approximate surface area is 152 Å². The van der Waals surface area contributed by atoms with Crippen molar-refractivity contribution in [2.75, 3.05) is 20.3 Å². The number of aliphatic carboxylic acids is 1. The molecule has 0 aliphatic rings. The summed E-state index contributed by atoms with van der Waals surface area (Å²) in [6.07, 6.45) is 1.52. The average Bonchev–Trinajstić information content (AvgIpc) is 2.65. The fourth-order valence-electron chi connectivity index (χ4n) is 2.53. The van der Waals surface area contributed by atoms with Gasteiger partial charge in [0.2, 0.25) is 5.91 Å². The first-order valence-corrected chi connectivity index (χ1v) is 8.25. The highest BCUT2D eigenvalue weighted by Gasteiger charge is 2.24. The zero-order valence-corrected chi connectivity index (χ0v) is 14.9. The molecule has 2 aromatic carbocycles. The lowest BCUT2D eigenvalue weighted by Crippen LogP contribution is -2.45. The molecule has 138 valence electrons. The van der Waals surface area contributed by atoms with Crippen molar-refractivity contribution in [3.05, 3.63) is 54.6 Å². The molecule has 0 saturated heterocycles. The summed E-state index contributed by atoms with van der Waals surface area (Å²) < 4.78 is 10.4. The summed E-state index contributed by atoms with van der Waals surface area (Å²) >= 11 is 0. The van der Waals surface area contributed by atoms with E-state index >= 15 is 0 Å². The van der Waals surface area contributed by atoms with Crippen LogP contribution in [0.5, 0.6) is 5.75 Å². The Balaban J connectivity index is 2.12. The van der Waals surface area contributed by atoms with Crippen LogP contribution < -0.4 is 10.1 Å². The maximum Gasteiger partial charge on any atom is 0.328 e. The maximum atomic E-state index is 12.5. The normalized spacial score (nSPS) is 13.0. The highest BCUT2D eigenvalue weighted by atomic mass is 16.5. The van der Waals surface area contributed by atoms with Gasteiger partial charge in [0.05, 0.1) is 26.2 Å². The molecule has 2 rings (SSSR count). The minimum Gasteiger partial charge on any atom is -0.497 e. The number of hydrogen-bond donors (Lipinski definition) is 2. The molecular formula is C20H23NO5. The molecule has 2 unspecified atom stereocenters. The van der Waals surface area contributed by atoms with Gasteiger partial charge >= 0.3 is 5.97 Å². The lowest BCUT2D eigenvalue weighted by atomic mass is 9.96. The maximum absolute atomic E-state index is 12.5. The van der Waals surface area contributed by atoms with Crippen molar-refractivity contribution in [1.29, 1.82) is 0 Å². The molecule has 6 heteroatoms. The smallest absolute Gasteiger partial charge is 0.328 e. The highest BCUT2D eigenvalue weighted by Crippen LogP contribution is 2.25. The van der Waals surface area contributed by atoms with Gasteiger partial charge in [-0.15, -0.1) is 6.58 Å². The Bertz CT molecular complexity index is 802. The average molecular weight is 357 g/mol. The van der Waals surface area contributed by atoms with Gasteiger partial charge in [0.25, 0.3) is 0 Å². The first-order chi connectivity index (χ1) is 12.5. The molecule has 2 N–H and O–H groups in total. The standard InChI is InChI=1S/C20H23NO5/c1-4-9-26-12-18(20(23)24)21-19(22)13(2)14-5-6-16-11-17(25-3)8-7-15(16)10-14/h4-8,10-11,13,18H,1,9,12H2,2-3H3,(H,21,22)(H,23,24). The lowest BCUT2D eigenvalue weighted by Gasteiger charge is -2.18. The van der Waals surface area contributed by atoms with Gasteiger partial charge in [0.15, 0.2) is 6.04 Å². The fraction of sp³-hybridized carbons (Fsp3) is 0.300. The zero-order valence-electron chi connectivity index (χ0n) is 14.9. The van der Waals surface area contributed by atoms with Crippen LogP contribution >= 0.6 is 0 Å². The molecule has 2 aromatic rings. The number of ether oxygens (including phenoxy) is 2. The van der Waals surface area contributed by atoms with Gasteiger partial charge in [0, 0.05) is 0 Å². The number of benzene rings is 2. The molecular weight excluding hydrogens is 334 g/mol. The Hall–Kier alpha value is -2.86. The van der Waals surface area contributed by atoms with Crippen LogP contribution in [0.25, 0.3) is 10.8 Å². The van der Waals surface area contributed by atoms with Crippen LogP contribution in [0.2, 0.25) is 0 Å². The second-order valence-corrected chi connectivity index (χ2v) is 5.92. The minimum atomic E-state index is -1.14. The number of rotatable bonds is 9. The molecule has 1 amide bonds. The van der Waals surface area contributed by atoms with Crippen LogP contribution in [-0.4, -0.2) is 43.3 Å². The van der Waals surface area contributed by atoms with E-state index in [1.54, 1.807) is 14.0 Å². The number of nitrogens with one attached hydrogen (secondary N) is 1. The Morgan fingerprint density at radius 1 is 1.23 bits per heavy atom. The molecule has 0 bridgehead atoms. The van der Waals surface area contributed by atoms with Crippen LogP contribution in [0, 0.1) is 0 Å². The number of carboxylic acid groups (broad SMARTS) is 1. The van der Waals surface area contributed by atoms with Crippen molar-refractivity contribution in [3.8, 4) is 5.75 Å². The predicted octanol–water partition coefficient (Wildman–Crippen LogP) is 2.72. The largest absolute Gasteiger partial charge is 0.497 e. The van der Waals surface area contributed by atoms with E-state index in [1.807, 2.05) is 36.4 Å². The van der Waals surface area contributed by atoms with Crippen molar-refractivity contribution in [2.45, 2.75) is 18.9 Å². The molecule has 0 radical (unpaired) electrons. The summed E-state index contributed by atoms with van der Waals surface area (Å²) in [5.41, 5.74) is 0.802. The number of fused-ring (bicyclic) bond motifs is 1. The lowest BCUT2D eigenvalue weighted by molar-refractivity contribution is -0.143. The van der Waals surface area contributed by atoms with Gasteiger partial charge in [-0.25, -0.2) is 4.79 Å². The van der Waals surface area contributed by atoms with Crippen LogP contribution in [-0.2, 0) is 14.3 Å². The molecule has 0 saturated carbocycles. The molecule has 0 aliphatic carbocycles. The van der Waals surface area contributed by atoms with Gasteiger partial charge in [-0.05, 0) is 35.4 Å². The first kappa shape index (κ1) is 19.5. The third kappa shape index (κ3) is 4.83.